The van der Waals surface area contributed by atoms with Crippen molar-refractivity contribution >= 4 is 28.6 Å². The number of amides is 1. The molecule has 0 unspecified atom stereocenters. The number of thiophene rings is 1. The van der Waals surface area contributed by atoms with Crippen LogP contribution in [0.25, 0.3) is 0 Å². The second kappa shape index (κ2) is 3.98. The zero-order chi connectivity index (χ0) is 10.8. The molecule has 1 N–H and O–H groups in total. The number of nitrogens with zero attached hydrogens (tertiary/aromatic N) is 1. The van der Waals surface area contributed by atoms with E-state index in [1.54, 1.807) is 0 Å². The quantitative estimate of drug-likeness (QED) is 0.590. The molecular weight excluding hydrogens is 216 g/mol. The molecular formula is C9H10N2O3S. The number of carbonyl (C=O) groups excluding carboxylic acids is 1. The third-order valence-electron chi connectivity index (χ3n) is 2.37. The maximum atomic E-state index is 11.3. The lowest BCUT2D eigenvalue weighted by Gasteiger charge is -2.09. The van der Waals surface area contributed by atoms with Crippen molar-refractivity contribution in [2.24, 2.45) is 0 Å². The lowest BCUT2D eigenvalue weighted by Crippen LogP contribution is -2.14. The van der Waals surface area contributed by atoms with Gasteiger partial charge in [0.15, 0.2) is 0 Å². The van der Waals surface area contributed by atoms with E-state index in [0.717, 1.165) is 24.1 Å². The highest BCUT2D eigenvalue weighted by Gasteiger charge is 2.23. The van der Waals surface area contributed by atoms with E-state index in [-0.39, 0.29) is 11.6 Å². The van der Waals surface area contributed by atoms with Crippen molar-refractivity contribution in [1.29, 1.82) is 0 Å². The van der Waals surface area contributed by atoms with Gasteiger partial charge < -0.3 is 5.32 Å². The minimum atomic E-state index is -0.447. The fraction of sp³-hybridized carbons (Fsp3) is 0.444. The smallest absolute Gasteiger partial charge is 0.303 e. The Balaban J connectivity index is 2.39. The van der Waals surface area contributed by atoms with E-state index in [0.29, 0.717) is 12.1 Å². The highest BCUT2D eigenvalue weighted by molar-refractivity contribution is 7.11. The Morgan fingerprint density at radius 2 is 2.13 bits per heavy atom. The van der Waals surface area contributed by atoms with Crippen LogP contribution in [-0.2, 0) is 11.2 Å². The van der Waals surface area contributed by atoms with Gasteiger partial charge >= 0.3 is 5.69 Å². The highest BCUT2D eigenvalue weighted by Crippen LogP contribution is 2.36. The van der Waals surface area contributed by atoms with Crippen LogP contribution < -0.4 is 5.32 Å². The van der Waals surface area contributed by atoms with Gasteiger partial charge in [0.25, 0.3) is 0 Å². The number of aryl methyl sites for hydroxylation is 1. The van der Waals surface area contributed by atoms with Gasteiger partial charge in [-0.2, -0.15) is 0 Å². The molecule has 2 heterocycles. The van der Waals surface area contributed by atoms with Gasteiger partial charge in [-0.3, -0.25) is 14.9 Å². The van der Waals surface area contributed by atoms with E-state index in [2.05, 4.69) is 5.32 Å². The monoisotopic (exact) mass is 226 g/mol. The van der Waals surface area contributed by atoms with Crippen LogP contribution in [0.3, 0.4) is 0 Å². The summed E-state index contributed by atoms with van der Waals surface area (Å²) in [4.78, 5) is 22.5. The molecule has 15 heavy (non-hydrogen) atoms. The summed E-state index contributed by atoms with van der Waals surface area (Å²) in [5, 5.41) is 14.8. The maximum absolute atomic E-state index is 11.3. The van der Waals surface area contributed by atoms with Crippen LogP contribution in [-0.4, -0.2) is 10.8 Å². The summed E-state index contributed by atoms with van der Waals surface area (Å²) in [5.74, 6) is -0.127. The van der Waals surface area contributed by atoms with Gasteiger partial charge in [-0.05, 0) is 19.3 Å². The molecule has 0 aliphatic carbocycles. The summed E-state index contributed by atoms with van der Waals surface area (Å²) < 4.78 is 0. The molecule has 2 rings (SSSR count). The van der Waals surface area contributed by atoms with E-state index in [1.807, 2.05) is 0 Å². The van der Waals surface area contributed by atoms with E-state index >= 15 is 0 Å². The molecule has 1 amide bonds. The van der Waals surface area contributed by atoms with Crippen LogP contribution in [0.2, 0.25) is 0 Å². The minimum Gasteiger partial charge on any atom is -0.319 e. The summed E-state index contributed by atoms with van der Waals surface area (Å²) in [6, 6.07) is 0. The summed E-state index contributed by atoms with van der Waals surface area (Å²) in [6.45, 7) is 0. The molecule has 80 valence electrons. The first-order valence-corrected chi connectivity index (χ1v) is 5.61. The first-order valence-electron chi connectivity index (χ1n) is 4.73. The molecule has 0 spiro atoms. The average Bonchev–Trinajstić information content (AvgIpc) is 2.52. The summed E-state index contributed by atoms with van der Waals surface area (Å²) in [5.41, 5.74) is 0.431. The van der Waals surface area contributed by atoms with Crippen molar-refractivity contribution in [1.82, 2.24) is 0 Å². The highest BCUT2D eigenvalue weighted by atomic mass is 32.1. The van der Waals surface area contributed by atoms with Crippen molar-refractivity contribution in [3.8, 4) is 0 Å². The van der Waals surface area contributed by atoms with Crippen LogP contribution in [0.1, 0.15) is 24.1 Å². The van der Waals surface area contributed by atoms with E-state index in [4.69, 9.17) is 0 Å². The molecule has 1 aromatic rings. The fourth-order valence-corrected chi connectivity index (χ4v) is 2.61. The number of rotatable bonds is 1. The second-order valence-electron chi connectivity index (χ2n) is 3.43. The van der Waals surface area contributed by atoms with Gasteiger partial charge in [0, 0.05) is 11.3 Å². The largest absolute Gasteiger partial charge is 0.319 e. The van der Waals surface area contributed by atoms with Crippen LogP contribution in [0.4, 0.5) is 11.4 Å². The average molecular weight is 226 g/mol. The molecule has 1 aliphatic rings. The van der Waals surface area contributed by atoms with Gasteiger partial charge in [-0.15, -0.1) is 11.3 Å². The standard InChI is InChI=1S/C9H10N2O3S/c12-8-4-2-1-3-7-9(10-8)6(5-15-7)11(13)14/h5H,1-4H2,(H,10,12). The van der Waals surface area contributed by atoms with E-state index in [1.165, 1.54) is 16.7 Å². The summed E-state index contributed by atoms with van der Waals surface area (Å²) in [6.07, 6.45) is 3.02. The molecule has 0 atom stereocenters. The third-order valence-corrected chi connectivity index (χ3v) is 3.40. The molecule has 0 radical (unpaired) electrons. The normalized spacial score (nSPS) is 16.1. The maximum Gasteiger partial charge on any atom is 0.303 e. The van der Waals surface area contributed by atoms with Crippen LogP contribution >= 0.6 is 11.3 Å². The Labute approximate surface area is 90.3 Å². The Kier molecular flexibility index (Phi) is 2.68. The minimum absolute atomic E-state index is 0.0188. The summed E-state index contributed by atoms with van der Waals surface area (Å²) >= 11 is 1.35. The first kappa shape index (κ1) is 10.1. The first-order chi connectivity index (χ1) is 7.18. The number of nitro groups is 1. The van der Waals surface area contributed by atoms with Gasteiger partial charge in [0.05, 0.1) is 10.3 Å². The van der Waals surface area contributed by atoms with Gasteiger partial charge in [-0.25, -0.2) is 0 Å². The Bertz CT molecular complexity index is 413. The van der Waals surface area contributed by atoms with Crippen LogP contribution in [0.15, 0.2) is 5.38 Å². The number of carbonyl (C=O) groups is 1. The predicted octanol–water partition coefficient (Wildman–Crippen LogP) is 2.32. The zero-order valence-electron chi connectivity index (χ0n) is 7.99. The lowest BCUT2D eigenvalue weighted by molar-refractivity contribution is -0.383. The summed E-state index contributed by atoms with van der Waals surface area (Å²) in [7, 11) is 0. The molecule has 1 aromatic heterocycles. The van der Waals surface area contributed by atoms with Gasteiger partial charge in [-0.1, -0.05) is 0 Å². The number of hydrogen-bond donors (Lipinski definition) is 1. The van der Waals surface area contributed by atoms with Crippen molar-refractivity contribution in [2.75, 3.05) is 5.32 Å². The van der Waals surface area contributed by atoms with Gasteiger partial charge in [0.2, 0.25) is 5.91 Å². The van der Waals surface area contributed by atoms with E-state index < -0.39 is 4.92 Å². The molecule has 0 bridgehead atoms. The molecule has 0 saturated carbocycles. The molecule has 0 fully saturated rings. The number of fused-ring (bicyclic) bond motifs is 1. The Morgan fingerprint density at radius 1 is 1.40 bits per heavy atom. The lowest BCUT2D eigenvalue weighted by atomic mass is 10.1. The van der Waals surface area contributed by atoms with Gasteiger partial charge in [0.1, 0.15) is 5.69 Å². The molecule has 1 aliphatic heterocycles. The topological polar surface area (TPSA) is 72.2 Å². The predicted molar refractivity (Wildman–Crippen MR) is 57.2 cm³/mol. The van der Waals surface area contributed by atoms with Crippen LogP contribution in [0, 0.1) is 10.1 Å². The number of hydrogen-bond acceptors (Lipinski definition) is 4. The molecule has 0 aromatic carbocycles. The SMILES string of the molecule is O=C1CCCCc2scc([N+](=O)[O-])c2N1. The number of nitrogens with one attached hydrogen (secondary N) is 1. The van der Waals surface area contributed by atoms with Crippen molar-refractivity contribution in [3.63, 3.8) is 0 Å². The molecule has 0 saturated heterocycles. The van der Waals surface area contributed by atoms with Crippen molar-refractivity contribution in [3.05, 3.63) is 20.4 Å². The Morgan fingerprint density at radius 3 is 2.87 bits per heavy atom. The second-order valence-corrected chi connectivity index (χ2v) is 4.40. The van der Waals surface area contributed by atoms with E-state index in [9.17, 15) is 14.9 Å². The zero-order valence-corrected chi connectivity index (χ0v) is 8.80. The molecule has 6 heteroatoms. The number of anilines is 1. The Hall–Kier alpha value is -1.43. The third kappa shape index (κ3) is 1.99. The van der Waals surface area contributed by atoms with Crippen molar-refractivity contribution < 1.29 is 9.72 Å². The molecule has 5 nitrogen and oxygen atoms in total. The fourth-order valence-electron chi connectivity index (χ4n) is 1.61. The van der Waals surface area contributed by atoms with Crippen LogP contribution in [0.5, 0.6) is 0 Å². The van der Waals surface area contributed by atoms with Crippen molar-refractivity contribution in [2.45, 2.75) is 25.7 Å².